The van der Waals surface area contributed by atoms with Gasteiger partial charge in [0.05, 0.1) is 18.8 Å². The van der Waals surface area contributed by atoms with E-state index >= 15 is 0 Å². The molecule has 0 aliphatic heterocycles. The highest BCUT2D eigenvalue weighted by molar-refractivity contribution is 7.80. The van der Waals surface area contributed by atoms with Crippen LogP contribution in [0.2, 0.25) is 0 Å². The Hall–Kier alpha value is -2.93. The summed E-state index contributed by atoms with van der Waals surface area (Å²) in [6.07, 6.45) is 2.77. The summed E-state index contributed by atoms with van der Waals surface area (Å²) in [5, 5.41) is 5.72. The summed E-state index contributed by atoms with van der Waals surface area (Å²) in [4.78, 5) is 24.2. The summed E-state index contributed by atoms with van der Waals surface area (Å²) in [6, 6.07) is 13.6. The van der Waals surface area contributed by atoms with E-state index in [0.717, 1.165) is 19.3 Å². The Morgan fingerprint density at radius 1 is 0.966 bits per heavy atom. The molecular weight excluding hydrogens is 388 g/mol. The third-order valence-electron chi connectivity index (χ3n) is 3.91. The summed E-state index contributed by atoms with van der Waals surface area (Å²) in [7, 11) is 0. The molecule has 0 heterocycles. The molecule has 2 aromatic carbocycles. The second-order valence-electron chi connectivity index (χ2n) is 6.35. The van der Waals surface area contributed by atoms with Crippen LogP contribution >= 0.6 is 12.2 Å². The van der Waals surface area contributed by atoms with Crippen LogP contribution in [0.4, 0.5) is 5.69 Å². The highest BCUT2D eigenvalue weighted by Gasteiger charge is 2.10. The van der Waals surface area contributed by atoms with Gasteiger partial charge in [0.15, 0.2) is 5.11 Å². The van der Waals surface area contributed by atoms with Gasteiger partial charge in [-0.2, -0.15) is 0 Å². The Morgan fingerprint density at radius 3 is 2.41 bits per heavy atom. The maximum Gasteiger partial charge on any atom is 0.338 e. The fourth-order valence-corrected chi connectivity index (χ4v) is 2.58. The van der Waals surface area contributed by atoms with Gasteiger partial charge in [0.1, 0.15) is 5.75 Å². The number of thiocarbonyl (C=S) groups is 1. The lowest BCUT2D eigenvalue weighted by Crippen LogP contribution is -2.34. The SMILES string of the molecule is CCCCOc1cccc(C(=O)NC(=S)Nc2ccc(C(=O)OCCC)cc2)c1. The summed E-state index contributed by atoms with van der Waals surface area (Å²) in [5.41, 5.74) is 1.56. The van der Waals surface area contributed by atoms with Crippen molar-refractivity contribution < 1.29 is 19.1 Å². The number of carbonyl (C=O) groups excluding carboxylic acids is 2. The van der Waals surface area contributed by atoms with Crippen molar-refractivity contribution >= 4 is 34.9 Å². The zero-order chi connectivity index (χ0) is 21.1. The first-order valence-electron chi connectivity index (χ1n) is 9.65. The number of hydrogen-bond acceptors (Lipinski definition) is 5. The molecule has 154 valence electrons. The van der Waals surface area contributed by atoms with E-state index in [1.165, 1.54) is 0 Å². The summed E-state index contributed by atoms with van der Waals surface area (Å²) >= 11 is 5.21. The molecule has 0 unspecified atom stereocenters. The van der Waals surface area contributed by atoms with Gasteiger partial charge in [0.25, 0.3) is 5.91 Å². The van der Waals surface area contributed by atoms with Crippen LogP contribution in [0, 0.1) is 0 Å². The van der Waals surface area contributed by atoms with Gasteiger partial charge in [-0.15, -0.1) is 0 Å². The second-order valence-corrected chi connectivity index (χ2v) is 6.76. The average molecular weight is 415 g/mol. The van der Waals surface area contributed by atoms with Crippen molar-refractivity contribution in [2.75, 3.05) is 18.5 Å². The zero-order valence-electron chi connectivity index (χ0n) is 16.7. The summed E-state index contributed by atoms with van der Waals surface area (Å²) < 4.78 is 10.7. The first kappa shape index (κ1) is 22.4. The van der Waals surface area contributed by atoms with Crippen LogP contribution in [0.15, 0.2) is 48.5 Å². The lowest BCUT2D eigenvalue weighted by Gasteiger charge is -2.11. The fraction of sp³-hybridized carbons (Fsp3) is 0.318. The van der Waals surface area contributed by atoms with Gasteiger partial charge in [-0.05, 0) is 67.5 Å². The van der Waals surface area contributed by atoms with Crippen molar-refractivity contribution in [2.45, 2.75) is 33.1 Å². The molecule has 0 aliphatic carbocycles. The number of nitrogens with one attached hydrogen (secondary N) is 2. The van der Waals surface area contributed by atoms with E-state index < -0.39 is 0 Å². The topological polar surface area (TPSA) is 76.7 Å². The lowest BCUT2D eigenvalue weighted by atomic mass is 10.2. The number of rotatable bonds is 9. The monoisotopic (exact) mass is 414 g/mol. The lowest BCUT2D eigenvalue weighted by molar-refractivity contribution is 0.0505. The second kappa shape index (κ2) is 11.8. The van der Waals surface area contributed by atoms with Crippen LogP contribution in [0.1, 0.15) is 53.8 Å². The molecule has 0 radical (unpaired) electrons. The van der Waals surface area contributed by atoms with Gasteiger partial charge in [-0.1, -0.05) is 26.3 Å². The molecule has 29 heavy (non-hydrogen) atoms. The number of anilines is 1. The number of unbranched alkanes of at least 4 members (excludes halogenated alkanes) is 1. The molecule has 0 aliphatic rings. The van der Waals surface area contributed by atoms with E-state index in [2.05, 4.69) is 17.6 Å². The van der Waals surface area contributed by atoms with Crippen molar-refractivity contribution in [2.24, 2.45) is 0 Å². The molecule has 2 N–H and O–H groups in total. The van der Waals surface area contributed by atoms with Crippen LogP contribution in [0.5, 0.6) is 5.75 Å². The molecule has 1 amide bonds. The van der Waals surface area contributed by atoms with Crippen LogP contribution in [0.25, 0.3) is 0 Å². The fourth-order valence-electron chi connectivity index (χ4n) is 2.37. The van der Waals surface area contributed by atoms with Gasteiger partial charge >= 0.3 is 5.97 Å². The van der Waals surface area contributed by atoms with E-state index in [1.807, 2.05) is 13.0 Å². The maximum absolute atomic E-state index is 12.4. The van der Waals surface area contributed by atoms with E-state index in [4.69, 9.17) is 21.7 Å². The molecule has 0 atom stereocenters. The van der Waals surface area contributed by atoms with E-state index in [9.17, 15) is 9.59 Å². The molecule has 7 heteroatoms. The molecule has 0 saturated heterocycles. The van der Waals surface area contributed by atoms with Crippen LogP contribution in [-0.2, 0) is 4.74 Å². The highest BCUT2D eigenvalue weighted by Crippen LogP contribution is 2.14. The number of hydrogen-bond donors (Lipinski definition) is 2. The summed E-state index contributed by atoms with van der Waals surface area (Å²) in [5.74, 6) is -0.0472. The number of benzene rings is 2. The normalized spacial score (nSPS) is 10.1. The molecule has 0 aromatic heterocycles. The quantitative estimate of drug-likeness (QED) is 0.356. The number of carbonyl (C=O) groups is 2. The Labute approximate surface area is 176 Å². The Bertz CT molecular complexity index is 837. The minimum absolute atomic E-state index is 0.161. The predicted octanol–water partition coefficient (Wildman–Crippen LogP) is 4.56. The van der Waals surface area contributed by atoms with E-state index in [-0.39, 0.29) is 17.0 Å². The van der Waals surface area contributed by atoms with Crippen LogP contribution in [-0.4, -0.2) is 30.2 Å². The average Bonchev–Trinajstić information content (AvgIpc) is 2.73. The maximum atomic E-state index is 12.4. The van der Waals surface area contributed by atoms with Crippen molar-refractivity contribution in [3.05, 3.63) is 59.7 Å². The third kappa shape index (κ3) is 7.54. The Morgan fingerprint density at radius 2 is 1.72 bits per heavy atom. The van der Waals surface area contributed by atoms with Crippen LogP contribution < -0.4 is 15.4 Å². The molecule has 0 saturated carbocycles. The number of ether oxygens (including phenoxy) is 2. The molecule has 6 nitrogen and oxygen atoms in total. The number of esters is 1. The molecule has 0 fully saturated rings. The third-order valence-corrected chi connectivity index (χ3v) is 4.11. The minimum Gasteiger partial charge on any atom is -0.494 e. The molecule has 2 rings (SSSR count). The first-order valence-corrected chi connectivity index (χ1v) is 10.1. The van der Waals surface area contributed by atoms with Gasteiger partial charge in [-0.3, -0.25) is 10.1 Å². The van der Waals surface area contributed by atoms with Crippen LogP contribution in [0.3, 0.4) is 0 Å². The minimum atomic E-state index is -0.365. The van der Waals surface area contributed by atoms with Gasteiger partial charge < -0.3 is 14.8 Å². The van der Waals surface area contributed by atoms with E-state index in [1.54, 1.807) is 42.5 Å². The van der Waals surface area contributed by atoms with Gasteiger partial charge in [0, 0.05) is 11.3 Å². The molecule has 0 bridgehead atoms. The smallest absolute Gasteiger partial charge is 0.338 e. The highest BCUT2D eigenvalue weighted by atomic mass is 32.1. The van der Waals surface area contributed by atoms with Gasteiger partial charge in [0.2, 0.25) is 0 Å². The Balaban J connectivity index is 1.89. The zero-order valence-corrected chi connectivity index (χ0v) is 17.5. The van der Waals surface area contributed by atoms with E-state index in [0.29, 0.717) is 35.8 Å². The van der Waals surface area contributed by atoms with Crippen molar-refractivity contribution in [3.8, 4) is 5.75 Å². The molecular formula is C22H26N2O4S. The number of amides is 1. The summed E-state index contributed by atoms with van der Waals surface area (Å²) in [6.45, 7) is 5.03. The standard InChI is InChI=1S/C22H26N2O4S/c1-3-5-14-27-19-8-6-7-17(15-19)20(25)24-22(29)23-18-11-9-16(10-12-18)21(26)28-13-4-2/h6-12,15H,3-5,13-14H2,1-2H3,(H2,23,24,25,29). The van der Waals surface area contributed by atoms with Crippen molar-refractivity contribution in [1.29, 1.82) is 0 Å². The van der Waals surface area contributed by atoms with Gasteiger partial charge in [-0.25, -0.2) is 4.79 Å². The molecule has 0 spiro atoms. The predicted molar refractivity (Wildman–Crippen MR) is 118 cm³/mol. The Kier molecular flexibility index (Phi) is 9.11. The first-order chi connectivity index (χ1) is 14.0. The largest absolute Gasteiger partial charge is 0.494 e. The molecule has 2 aromatic rings. The van der Waals surface area contributed by atoms with Crippen molar-refractivity contribution in [3.63, 3.8) is 0 Å². The van der Waals surface area contributed by atoms with Crippen molar-refractivity contribution in [1.82, 2.24) is 5.32 Å².